The molecule has 0 N–H and O–H groups in total. The van der Waals surface area contributed by atoms with E-state index in [1.165, 1.54) is 30.4 Å². The van der Waals surface area contributed by atoms with Crippen LogP contribution in [-0.4, -0.2) is 6.18 Å². The largest absolute Gasteiger partial charge is 0.392 e. The second kappa shape index (κ2) is 10.7. The van der Waals surface area contributed by atoms with E-state index >= 15 is 0 Å². The molecule has 0 heterocycles. The molecule has 1 unspecified atom stereocenters. The first kappa shape index (κ1) is 24.4. The first-order chi connectivity index (χ1) is 16.0. The summed E-state index contributed by atoms with van der Waals surface area (Å²) in [7, 11) is 0. The normalized spacial score (nSPS) is 18.1. The molecule has 0 amide bonds. The van der Waals surface area contributed by atoms with Crippen LogP contribution in [0.5, 0.6) is 0 Å². The molecule has 0 nitrogen and oxygen atoms in total. The molecule has 0 spiro atoms. The average molecular weight is 457 g/mol. The lowest BCUT2D eigenvalue weighted by molar-refractivity contribution is -0.200. The van der Waals surface area contributed by atoms with Crippen LogP contribution < -0.4 is 0 Å². The second-order valence-electron chi connectivity index (χ2n) is 10.4. The lowest BCUT2D eigenvalue weighted by Gasteiger charge is -2.46. The lowest BCUT2D eigenvalue weighted by Crippen LogP contribution is -2.45. The maximum atomic E-state index is 14.7. The van der Waals surface area contributed by atoms with E-state index in [0.29, 0.717) is 19.3 Å². The van der Waals surface area contributed by atoms with E-state index in [1.807, 2.05) is 24.3 Å². The molecule has 2 aromatic rings. The Morgan fingerprint density at radius 3 is 2.18 bits per heavy atom. The van der Waals surface area contributed by atoms with Crippen molar-refractivity contribution in [2.75, 3.05) is 0 Å². The van der Waals surface area contributed by atoms with Gasteiger partial charge in [0.1, 0.15) is 0 Å². The fourth-order valence-electron chi connectivity index (χ4n) is 6.67. The van der Waals surface area contributed by atoms with E-state index in [9.17, 15) is 13.2 Å². The Kier molecular flexibility index (Phi) is 7.87. The maximum Gasteiger partial charge on any atom is 0.392 e. The molecule has 33 heavy (non-hydrogen) atoms. The van der Waals surface area contributed by atoms with Crippen LogP contribution in [0.3, 0.4) is 0 Å². The topological polar surface area (TPSA) is 0 Å². The van der Waals surface area contributed by atoms with E-state index in [0.717, 1.165) is 61.6 Å². The van der Waals surface area contributed by atoms with Crippen LogP contribution in [0, 0.1) is 5.92 Å². The van der Waals surface area contributed by atoms with Crippen LogP contribution in [-0.2, 0) is 11.8 Å². The number of hydrogen-bond donors (Lipinski definition) is 0. The highest BCUT2D eigenvalue weighted by atomic mass is 19.4. The molecule has 180 valence electrons. The van der Waals surface area contributed by atoms with E-state index in [1.54, 1.807) is 0 Å². The first-order valence-corrected chi connectivity index (χ1v) is 13.2. The minimum absolute atomic E-state index is 0.272. The molecule has 0 bridgehead atoms. The van der Waals surface area contributed by atoms with Gasteiger partial charge in [-0.3, -0.25) is 0 Å². The van der Waals surface area contributed by atoms with Crippen molar-refractivity contribution >= 4 is 0 Å². The lowest BCUT2D eigenvalue weighted by atomic mass is 9.59. The van der Waals surface area contributed by atoms with Gasteiger partial charge in [0.05, 0.1) is 5.92 Å². The predicted molar refractivity (Wildman–Crippen MR) is 132 cm³/mol. The van der Waals surface area contributed by atoms with Crippen molar-refractivity contribution in [2.45, 2.75) is 108 Å². The summed E-state index contributed by atoms with van der Waals surface area (Å²) in [6.45, 7) is 2.19. The summed E-state index contributed by atoms with van der Waals surface area (Å²) in [5.74, 6) is -1.24. The number of fused-ring (bicyclic) bond motifs is 3. The number of unbranched alkanes of at least 4 members (excludes halogenated alkanes) is 6. The molecule has 2 aliphatic carbocycles. The molecular formula is C30H39F3. The van der Waals surface area contributed by atoms with Crippen molar-refractivity contribution in [1.82, 2.24) is 0 Å². The highest BCUT2D eigenvalue weighted by Gasteiger charge is 2.54. The summed E-state index contributed by atoms with van der Waals surface area (Å²) in [4.78, 5) is 0. The molecule has 0 radical (unpaired) electrons. The molecule has 1 atom stereocenters. The third kappa shape index (κ3) is 5.17. The highest BCUT2D eigenvalue weighted by Crippen LogP contribution is 2.55. The van der Waals surface area contributed by atoms with E-state index < -0.39 is 17.5 Å². The fraction of sp³-hybridized carbons (Fsp3) is 0.600. The van der Waals surface area contributed by atoms with Crippen molar-refractivity contribution < 1.29 is 13.2 Å². The molecule has 1 saturated carbocycles. The van der Waals surface area contributed by atoms with Crippen LogP contribution in [0.15, 0.2) is 42.5 Å². The quantitative estimate of drug-likeness (QED) is 0.266. The summed E-state index contributed by atoms with van der Waals surface area (Å²) in [5, 5.41) is 0. The van der Waals surface area contributed by atoms with Gasteiger partial charge in [-0.1, -0.05) is 114 Å². The summed E-state index contributed by atoms with van der Waals surface area (Å²) in [6, 6.07) is 14.5. The summed E-state index contributed by atoms with van der Waals surface area (Å²) in [5.41, 5.74) is 5.00. The third-order valence-electron chi connectivity index (χ3n) is 8.29. The molecule has 0 aliphatic heterocycles. The van der Waals surface area contributed by atoms with E-state index in [4.69, 9.17) is 0 Å². The Morgan fingerprint density at radius 2 is 1.45 bits per heavy atom. The Balaban J connectivity index is 1.62. The number of alkyl halides is 3. The number of rotatable bonds is 10. The van der Waals surface area contributed by atoms with E-state index in [-0.39, 0.29) is 6.42 Å². The average Bonchev–Trinajstić information content (AvgIpc) is 3.19. The van der Waals surface area contributed by atoms with Crippen LogP contribution in [0.4, 0.5) is 13.2 Å². The van der Waals surface area contributed by atoms with Crippen molar-refractivity contribution in [3.05, 3.63) is 59.2 Å². The Morgan fingerprint density at radius 1 is 0.788 bits per heavy atom. The Labute approximate surface area is 198 Å². The minimum atomic E-state index is -4.16. The first-order valence-electron chi connectivity index (χ1n) is 13.2. The van der Waals surface area contributed by atoms with Crippen LogP contribution >= 0.6 is 0 Å². The number of hydrogen-bond acceptors (Lipinski definition) is 0. The monoisotopic (exact) mass is 456 g/mol. The summed E-state index contributed by atoms with van der Waals surface area (Å²) < 4.78 is 44.2. The van der Waals surface area contributed by atoms with E-state index in [2.05, 4.69) is 25.1 Å². The molecule has 3 heteroatoms. The van der Waals surface area contributed by atoms with Gasteiger partial charge >= 0.3 is 6.18 Å². The maximum absolute atomic E-state index is 14.7. The zero-order valence-corrected chi connectivity index (χ0v) is 20.2. The molecule has 1 fully saturated rings. The van der Waals surface area contributed by atoms with Gasteiger partial charge < -0.3 is 0 Å². The zero-order valence-electron chi connectivity index (χ0n) is 20.2. The van der Waals surface area contributed by atoms with Gasteiger partial charge in [0, 0.05) is 5.41 Å². The SMILES string of the molecule is CCCCCCCCCC(C(F)(F)F)C1(c2cccc3c2Cc2ccccc2-3)CCCCC1. The zero-order chi connectivity index (χ0) is 23.3. The van der Waals surface area contributed by atoms with Crippen LogP contribution in [0.2, 0.25) is 0 Å². The molecule has 4 rings (SSSR count). The molecular weight excluding hydrogens is 417 g/mol. The van der Waals surface area contributed by atoms with Crippen molar-refractivity contribution in [3.63, 3.8) is 0 Å². The standard InChI is InChI=1S/C30H39F3/c1-2-3-4-5-6-7-9-19-28(30(31,32)33)29(20-12-8-13-21-29)27-18-14-17-25-24-16-11-10-15-23(24)22-26(25)27/h10-11,14-18,28H,2-9,12-13,19-22H2,1H3. The fourth-order valence-corrected chi connectivity index (χ4v) is 6.67. The summed E-state index contributed by atoms with van der Waals surface area (Å²) in [6.07, 6.45) is 8.54. The molecule has 0 aromatic heterocycles. The smallest absolute Gasteiger partial charge is 0.171 e. The molecule has 2 aromatic carbocycles. The Bertz CT molecular complexity index is 905. The molecule has 2 aliphatic rings. The van der Waals surface area contributed by atoms with Crippen LogP contribution in [0.25, 0.3) is 11.1 Å². The molecule has 0 saturated heterocycles. The van der Waals surface area contributed by atoms with Crippen molar-refractivity contribution in [3.8, 4) is 11.1 Å². The van der Waals surface area contributed by atoms with Gasteiger partial charge in [-0.25, -0.2) is 0 Å². The van der Waals surface area contributed by atoms with Gasteiger partial charge in [0.2, 0.25) is 0 Å². The van der Waals surface area contributed by atoms with Gasteiger partial charge in [0.15, 0.2) is 0 Å². The van der Waals surface area contributed by atoms with Gasteiger partial charge in [-0.05, 0) is 53.5 Å². The third-order valence-corrected chi connectivity index (χ3v) is 8.29. The van der Waals surface area contributed by atoms with Gasteiger partial charge in [-0.15, -0.1) is 0 Å². The highest BCUT2D eigenvalue weighted by molar-refractivity contribution is 5.78. The summed E-state index contributed by atoms with van der Waals surface area (Å²) >= 11 is 0. The van der Waals surface area contributed by atoms with Crippen molar-refractivity contribution in [2.24, 2.45) is 5.92 Å². The Hall–Kier alpha value is -1.77. The van der Waals surface area contributed by atoms with Gasteiger partial charge in [-0.2, -0.15) is 13.2 Å². The second-order valence-corrected chi connectivity index (χ2v) is 10.4. The predicted octanol–water partition coefficient (Wildman–Crippen LogP) is 9.78. The van der Waals surface area contributed by atoms with Gasteiger partial charge in [0.25, 0.3) is 0 Å². The minimum Gasteiger partial charge on any atom is -0.171 e. The van der Waals surface area contributed by atoms with Crippen LogP contribution in [0.1, 0.15) is 107 Å². The number of benzene rings is 2. The number of halogens is 3. The van der Waals surface area contributed by atoms with Crippen molar-refractivity contribution in [1.29, 1.82) is 0 Å².